The van der Waals surface area contributed by atoms with E-state index in [0.717, 1.165) is 19.6 Å². The van der Waals surface area contributed by atoms with E-state index in [4.69, 9.17) is 10.2 Å². The van der Waals surface area contributed by atoms with Gasteiger partial charge in [-0.3, -0.25) is 4.79 Å². The summed E-state index contributed by atoms with van der Waals surface area (Å²) in [4.78, 5) is 14.5. The molecule has 0 aliphatic carbocycles. The van der Waals surface area contributed by atoms with Crippen LogP contribution in [0.15, 0.2) is 16.7 Å². The van der Waals surface area contributed by atoms with Crippen molar-refractivity contribution < 1.29 is 9.21 Å². The SMILES string of the molecule is CCCN1CCC(CNC(=O)c2coc(CN)c2)CC1.Cl.Cl. The molecule has 1 saturated heterocycles. The molecule has 0 radical (unpaired) electrons. The monoisotopic (exact) mass is 351 g/mol. The number of carbonyl (C=O) groups is 1. The highest BCUT2D eigenvalue weighted by Gasteiger charge is 2.19. The van der Waals surface area contributed by atoms with Crippen molar-refractivity contribution in [2.24, 2.45) is 11.7 Å². The lowest BCUT2D eigenvalue weighted by molar-refractivity contribution is 0.0935. The Balaban J connectivity index is 0.00000220. The minimum absolute atomic E-state index is 0. The van der Waals surface area contributed by atoms with Crippen LogP contribution in [-0.4, -0.2) is 37.0 Å². The average Bonchev–Trinajstić information content (AvgIpc) is 2.95. The lowest BCUT2D eigenvalue weighted by Crippen LogP contribution is -2.38. The lowest BCUT2D eigenvalue weighted by Gasteiger charge is -2.31. The number of piperidine rings is 1. The predicted molar refractivity (Wildman–Crippen MR) is 92.9 cm³/mol. The molecule has 0 aromatic carbocycles. The van der Waals surface area contributed by atoms with Crippen molar-refractivity contribution in [2.45, 2.75) is 32.7 Å². The molecule has 1 amide bonds. The predicted octanol–water partition coefficient (Wildman–Crippen LogP) is 2.43. The minimum atomic E-state index is -0.0653. The second-order valence-corrected chi connectivity index (χ2v) is 5.50. The number of amides is 1. The van der Waals surface area contributed by atoms with Gasteiger partial charge in [-0.15, -0.1) is 24.8 Å². The fourth-order valence-corrected chi connectivity index (χ4v) is 2.68. The molecule has 1 fully saturated rings. The number of nitrogens with zero attached hydrogens (tertiary/aromatic N) is 1. The van der Waals surface area contributed by atoms with E-state index in [9.17, 15) is 4.79 Å². The van der Waals surface area contributed by atoms with E-state index in [2.05, 4.69) is 17.1 Å². The Morgan fingerprint density at radius 3 is 2.64 bits per heavy atom. The summed E-state index contributed by atoms with van der Waals surface area (Å²) in [6, 6.07) is 1.71. The van der Waals surface area contributed by atoms with Crippen molar-refractivity contribution in [2.75, 3.05) is 26.2 Å². The first kappa shape index (κ1) is 21.2. The third kappa shape index (κ3) is 6.16. The van der Waals surface area contributed by atoms with Gasteiger partial charge >= 0.3 is 0 Å². The molecule has 0 saturated carbocycles. The van der Waals surface area contributed by atoms with Crippen LogP contribution in [0.4, 0.5) is 0 Å². The van der Waals surface area contributed by atoms with Crippen molar-refractivity contribution in [3.05, 3.63) is 23.7 Å². The number of furan rings is 1. The van der Waals surface area contributed by atoms with Gasteiger partial charge in [-0.05, 0) is 50.9 Å². The van der Waals surface area contributed by atoms with Gasteiger partial charge in [0.1, 0.15) is 12.0 Å². The first-order valence-electron chi connectivity index (χ1n) is 7.51. The first-order chi connectivity index (χ1) is 9.72. The molecule has 22 heavy (non-hydrogen) atoms. The summed E-state index contributed by atoms with van der Waals surface area (Å²) in [5.41, 5.74) is 6.03. The zero-order valence-corrected chi connectivity index (χ0v) is 14.7. The fourth-order valence-electron chi connectivity index (χ4n) is 2.68. The molecule has 7 heteroatoms. The molecule has 3 N–H and O–H groups in total. The van der Waals surface area contributed by atoms with Crippen LogP contribution < -0.4 is 11.1 Å². The van der Waals surface area contributed by atoms with Crippen LogP contribution in [0.5, 0.6) is 0 Å². The quantitative estimate of drug-likeness (QED) is 0.825. The summed E-state index contributed by atoms with van der Waals surface area (Å²) in [6.45, 7) is 6.78. The van der Waals surface area contributed by atoms with Gasteiger partial charge in [-0.2, -0.15) is 0 Å². The highest BCUT2D eigenvalue weighted by Crippen LogP contribution is 2.16. The van der Waals surface area contributed by atoms with Crippen LogP contribution >= 0.6 is 24.8 Å². The maximum Gasteiger partial charge on any atom is 0.254 e. The Morgan fingerprint density at radius 2 is 2.09 bits per heavy atom. The standard InChI is InChI=1S/C15H25N3O2.2ClH/c1-2-5-18-6-3-12(4-7-18)10-17-15(19)13-8-14(9-16)20-11-13;;/h8,11-12H,2-7,9-10,16H2,1H3,(H,17,19);2*1H. The Morgan fingerprint density at radius 1 is 1.41 bits per heavy atom. The summed E-state index contributed by atoms with van der Waals surface area (Å²) in [5, 5.41) is 2.99. The van der Waals surface area contributed by atoms with Gasteiger partial charge in [-0.1, -0.05) is 6.92 Å². The van der Waals surface area contributed by atoms with Crippen molar-refractivity contribution >= 4 is 30.7 Å². The summed E-state index contributed by atoms with van der Waals surface area (Å²) in [6.07, 6.45) is 5.02. The van der Waals surface area contributed by atoms with Gasteiger partial charge in [0.15, 0.2) is 0 Å². The Kier molecular flexibility index (Phi) is 10.5. The molecular formula is C15H27Cl2N3O2. The van der Waals surface area contributed by atoms with Gasteiger partial charge in [-0.25, -0.2) is 0 Å². The highest BCUT2D eigenvalue weighted by molar-refractivity contribution is 5.93. The Hall–Kier alpha value is -0.750. The number of rotatable bonds is 6. The Labute approximate surface area is 144 Å². The second-order valence-electron chi connectivity index (χ2n) is 5.50. The van der Waals surface area contributed by atoms with E-state index >= 15 is 0 Å². The molecular weight excluding hydrogens is 325 g/mol. The maximum atomic E-state index is 12.0. The van der Waals surface area contributed by atoms with E-state index in [1.165, 1.54) is 32.1 Å². The molecule has 2 heterocycles. The van der Waals surface area contributed by atoms with E-state index in [0.29, 0.717) is 23.8 Å². The number of likely N-dealkylation sites (tertiary alicyclic amines) is 1. The third-order valence-corrected chi connectivity index (χ3v) is 3.92. The van der Waals surface area contributed by atoms with Gasteiger partial charge in [0.2, 0.25) is 0 Å². The van der Waals surface area contributed by atoms with Crippen LogP contribution in [-0.2, 0) is 6.54 Å². The topological polar surface area (TPSA) is 71.5 Å². The summed E-state index contributed by atoms with van der Waals surface area (Å²) < 4.78 is 5.18. The summed E-state index contributed by atoms with van der Waals surface area (Å²) in [7, 11) is 0. The van der Waals surface area contributed by atoms with E-state index in [1.54, 1.807) is 6.07 Å². The van der Waals surface area contributed by atoms with Crippen molar-refractivity contribution in [3.63, 3.8) is 0 Å². The maximum absolute atomic E-state index is 12.0. The van der Waals surface area contributed by atoms with Crippen LogP contribution in [0, 0.1) is 5.92 Å². The Bertz CT molecular complexity index is 432. The van der Waals surface area contributed by atoms with E-state index < -0.39 is 0 Å². The van der Waals surface area contributed by atoms with Crippen LogP contribution in [0.1, 0.15) is 42.3 Å². The van der Waals surface area contributed by atoms with Crippen molar-refractivity contribution in [3.8, 4) is 0 Å². The molecule has 0 bridgehead atoms. The number of hydrogen-bond donors (Lipinski definition) is 2. The number of carbonyl (C=O) groups excluding carboxylic acids is 1. The zero-order chi connectivity index (χ0) is 14.4. The van der Waals surface area contributed by atoms with Crippen LogP contribution in [0.3, 0.4) is 0 Å². The molecule has 0 spiro atoms. The van der Waals surface area contributed by atoms with Gasteiger partial charge in [0, 0.05) is 6.54 Å². The van der Waals surface area contributed by atoms with Gasteiger partial charge < -0.3 is 20.4 Å². The second kappa shape index (κ2) is 10.9. The third-order valence-electron chi connectivity index (χ3n) is 3.92. The normalized spacial score (nSPS) is 15.7. The van der Waals surface area contributed by atoms with Gasteiger partial charge in [0.05, 0.1) is 12.1 Å². The van der Waals surface area contributed by atoms with Crippen LogP contribution in [0.2, 0.25) is 0 Å². The molecule has 1 aromatic rings. The number of halogens is 2. The molecule has 0 atom stereocenters. The van der Waals surface area contributed by atoms with Crippen LogP contribution in [0.25, 0.3) is 0 Å². The van der Waals surface area contributed by atoms with Gasteiger partial charge in [0.25, 0.3) is 5.91 Å². The zero-order valence-electron chi connectivity index (χ0n) is 13.0. The fraction of sp³-hybridized carbons (Fsp3) is 0.667. The smallest absolute Gasteiger partial charge is 0.254 e. The molecule has 2 rings (SSSR count). The average molecular weight is 352 g/mol. The molecule has 5 nitrogen and oxygen atoms in total. The lowest BCUT2D eigenvalue weighted by atomic mass is 9.96. The molecule has 0 unspecified atom stereocenters. The number of nitrogens with one attached hydrogen (secondary N) is 1. The highest BCUT2D eigenvalue weighted by atomic mass is 35.5. The van der Waals surface area contributed by atoms with E-state index in [1.807, 2.05) is 0 Å². The first-order valence-corrected chi connectivity index (χ1v) is 7.51. The summed E-state index contributed by atoms with van der Waals surface area (Å²) in [5.74, 6) is 1.17. The molecule has 128 valence electrons. The minimum Gasteiger partial charge on any atom is -0.467 e. The number of hydrogen-bond acceptors (Lipinski definition) is 4. The van der Waals surface area contributed by atoms with Crippen molar-refractivity contribution in [1.82, 2.24) is 10.2 Å². The molecule has 1 aromatic heterocycles. The summed E-state index contributed by atoms with van der Waals surface area (Å²) >= 11 is 0. The number of nitrogens with two attached hydrogens (primary N) is 1. The molecule has 1 aliphatic rings. The van der Waals surface area contributed by atoms with E-state index in [-0.39, 0.29) is 30.7 Å². The largest absolute Gasteiger partial charge is 0.467 e. The van der Waals surface area contributed by atoms with Crippen molar-refractivity contribution in [1.29, 1.82) is 0 Å². The molecule has 1 aliphatic heterocycles.